The summed E-state index contributed by atoms with van der Waals surface area (Å²) in [5.41, 5.74) is 2.74. The molecule has 2 aromatic rings. The van der Waals surface area contributed by atoms with Crippen LogP contribution >= 0.6 is 0 Å². The number of benzene rings is 1. The summed E-state index contributed by atoms with van der Waals surface area (Å²) in [6, 6.07) is 10.8. The normalized spacial score (nSPS) is 23.3. The van der Waals surface area contributed by atoms with Crippen molar-refractivity contribution in [1.29, 1.82) is 0 Å². The molecule has 3 rings (SSSR count). The molecule has 0 saturated carbocycles. The maximum Gasteiger partial charge on any atom is 0.0535 e. The van der Waals surface area contributed by atoms with E-state index in [1.54, 1.807) is 0 Å². The zero-order valence-corrected chi connectivity index (χ0v) is 12.9. The van der Waals surface area contributed by atoms with E-state index < -0.39 is 0 Å². The van der Waals surface area contributed by atoms with E-state index in [4.69, 9.17) is 0 Å². The Kier molecular flexibility index (Phi) is 4.08. The molecule has 4 heteroatoms. The van der Waals surface area contributed by atoms with Crippen molar-refractivity contribution in [1.82, 2.24) is 20.0 Å². The molecule has 1 N–H and O–H groups in total. The van der Waals surface area contributed by atoms with E-state index in [0.29, 0.717) is 0 Å². The zero-order chi connectivity index (χ0) is 14.7. The summed E-state index contributed by atoms with van der Waals surface area (Å²) in [5, 5.41) is 7.93. The fourth-order valence-corrected chi connectivity index (χ4v) is 3.15. The Hall–Kier alpha value is -1.65. The molecule has 0 spiro atoms. The summed E-state index contributed by atoms with van der Waals surface area (Å²) in [7, 11) is 1.97. The van der Waals surface area contributed by atoms with Crippen molar-refractivity contribution in [2.75, 3.05) is 26.2 Å². The lowest BCUT2D eigenvalue weighted by Gasteiger charge is -2.42. The monoisotopic (exact) mass is 284 g/mol. The van der Waals surface area contributed by atoms with E-state index in [1.807, 2.05) is 17.9 Å². The SMILES string of the molecule is Cn1cc(CCN2CCNC(C)(c3ccccc3)C2)cn1. The van der Waals surface area contributed by atoms with E-state index in [1.165, 1.54) is 11.1 Å². The molecule has 21 heavy (non-hydrogen) atoms. The van der Waals surface area contributed by atoms with Gasteiger partial charge in [0.25, 0.3) is 0 Å². The Labute approximate surface area is 126 Å². The van der Waals surface area contributed by atoms with Gasteiger partial charge in [-0.05, 0) is 24.5 Å². The number of aromatic nitrogens is 2. The summed E-state index contributed by atoms with van der Waals surface area (Å²) < 4.78 is 1.88. The van der Waals surface area contributed by atoms with E-state index >= 15 is 0 Å². The van der Waals surface area contributed by atoms with Crippen LogP contribution in [0, 0.1) is 0 Å². The molecule has 0 radical (unpaired) electrons. The first-order valence-electron chi connectivity index (χ1n) is 7.66. The van der Waals surface area contributed by atoms with Gasteiger partial charge in [-0.25, -0.2) is 0 Å². The summed E-state index contributed by atoms with van der Waals surface area (Å²) in [4.78, 5) is 2.55. The molecule has 1 aromatic carbocycles. The van der Waals surface area contributed by atoms with Crippen molar-refractivity contribution in [3.05, 3.63) is 53.9 Å². The fourth-order valence-electron chi connectivity index (χ4n) is 3.15. The highest BCUT2D eigenvalue weighted by molar-refractivity contribution is 5.25. The quantitative estimate of drug-likeness (QED) is 0.929. The number of piperazine rings is 1. The van der Waals surface area contributed by atoms with Crippen LogP contribution in [-0.2, 0) is 19.0 Å². The molecule has 0 aliphatic carbocycles. The number of nitrogens with zero attached hydrogens (tertiary/aromatic N) is 3. The highest BCUT2D eigenvalue weighted by atomic mass is 15.2. The van der Waals surface area contributed by atoms with Gasteiger partial charge in [-0.3, -0.25) is 9.58 Å². The van der Waals surface area contributed by atoms with Crippen molar-refractivity contribution in [2.24, 2.45) is 7.05 Å². The first kappa shape index (κ1) is 14.3. The molecule has 0 bridgehead atoms. The molecule has 1 atom stereocenters. The van der Waals surface area contributed by atoms with Crippen LogP contribution < -0.4 is 5.32 Å². The Morgan fingerprint density at radius 1 is 1.29 bits per heavy atom. The predicted octanol–water partition coefficient (Wildman–Crippen LogP) is 1.78. The molecule has 1 saturated heterocycles. The molecule has 0 amide bonds. The minimum Gasteiger partial charge on any atom is -0.305 e. The molecule has 1 aromatic heterocycles. The van der Waals surface area contributed by atoms with Crippen LogP contribution in [0.4, 0.5) is 0 Å². The molecule has 1 aliphatic rings. The van der Waals surface area contributed by atoms with Gasteiger partial charge in [0.1, 0.15) is 0 Å². The maximum atomic E-state index is 4.24. The van der Waals surface area contributed by atoms with E-state index in [2.05, 4.69) is 58.8 Å². The van der Waals surface area contributed by atoms with E-state index in [-0.39, 0.29) is 5.54 Å². The third kappa shape index (κ3) is 3.34. The van der Waals surface area contributed by atoms with Crippen LogP contribution in [0.25, 0.3) is 0 Å². The number of rotatable bonds is 4. The van der Waals surface area contributed by atoms with Gasteiger partial charge in [-0.15, -0.1) is 0 Å². The van der Waals surface area contributed by atoms with Crippen LogP contribution in [0.1, 0.15) is 18.1 Å². The first-order valence-corrected chi connectivity index (χ1v) is 7.66. The number of hydrogen-bond acceptors (Lipinski definition) is 3. The van der Waals surface area contributed by atoms with Crippen molar-refractivity contribution >= 4 is 0 Å². The van der Waals surface area contributed by atoms with Gasteiger partial charge in [0.2, 0.25) is 0 Å². The Balaban J connectivity index is 1.63. The van der Waals surface area contributed by atoms with Crippen molar-refractivity contribution < 1.29 is 0 Å². The Bertz CT molecular complexity index is 577. The summed E-state index contributed by atoms with van der Waals surface area (Å²) in [6.07, 6.45) is 5.15. The minimum absolute atomic E-state index is 0.0500. The maximum absolute atomic E-state index is 4.24. The van der Waals surface area contributed by atoms with Gasteiger partial charge in [0, 0.05) is 39.4 Å². The van der Waals surface area contributed by atoms with Crippen molar-refractivity contribution in [3.8, 4) is 0 Å². The molecule has 1 aliphatic heterocycles. The molecule has 1 fully saturated rings. The van der Waals surface area contributed by atoms with Crippen LogP contribution in [-0.4, -0.2) is 40.9 Å². The lowest BCUT2D eigenvalue weighted by Crippen LogP contribution is -2.56. The van der Waals surface area contributed by atoms with Gasteiger partial charge in [0.15, 0.2) is 0 Å². The second-order valence-corrected chi connectivity index (χ2v) is 6.17. The number of nitrogens with one attached hydrogen (secondary N) is 1. The molecule has 2 heterocycles. The minimum atomic E-state index is 0.0500. The lowest BCUT2D eigenvalue weighted by molar-refractivity contribution is 0.144. The average molecular weight is 284 g/mol. The lowest BCUT2D eigenvalue weighted by atomic mass is 9.89. The highest BCUT2D eigenvalue weighted by Crippen LogP contribution is 2.24. The van der Waals surface area contributed by atoms with Crippen LogP contribution in [0.5, 0.6) is 0 Å². The van der Waals surface area contributed by atoms with Gasteiger partial charge >= 0.3 is 0 Å². The van der Waals surface area contributed by atoms with E-state index in [0.717, 1.165) is 32.6 Å². The number of hydrogen-bond donors (Lipinski definition) is 1. The second-order valence-electron chi connectivity index (χ2n) is 6.17. The smallest absolute Gasteiger partial charge is 0.0535 e. The fraction of sp³-hybridized carbons (Fsp3) is 0.471. The summed E-state index contributed by atoms with van der Waals surface area (Å²) in [5.74, 6) is 0. The second kappa shape index (κ2) is 6.00. The molecular weight excluding hydrogens is 260 g/mol. The standard InChI is InChI=1S/C17H24N4/c1-17(16-6-4-3-5-7-16)14-21(11-9-18-17)10-8-15-12-19-20(2)13-15/h3-7,12-13,18H,8-11,14H2,1-2H3. The third-order valence-electron chi connectivity index (χ3n) is 4.37. The number of aryl methyl sites for hydroxylation is 1. The van der Waals surface area contributed by atoms with Gasteiger partial charge in [-0.1, -0.05) is 30.3 Å². The van der Waals surface area contributed by atoms with E-state index in [9.17, 15) is 0 Å². The largest absolute Gasteiger partial charge is 0.305 e. The van der Waals surface area contributed by atoms with Crippen molar-refractivity contribution in [3.63, 3.8) is 0 Å². The molecular formula is C17H24N4. The van der Waals surface area contributed by atoms with Gasteiger partial charge in [-0.2, -0.15) is 5.10 Å². The third-order valence-corrected chi connectivity index (χ3v) is 4.37. The van der Waals surface area contributed by atoms with Crippen LogP contribution in [0.15, 0.2) is 42.7 Å². The summed E-state index contributed by atoms with van der Waals surface area (Å²) in [6.45, 7) is 6.60. The zero-order valence-electron chi connectivity index (χ0n) is 12.9. The van der Waals surface area contributed by atoms with Gasteiger partial charge in [0.05, 0.1) is 11.7 Å². The van der Waals surface area contributed by atoms with Crippen LogP contribution in [0.2, 0.25) is 0 Å². The van der Waals surface area contributed by atoms with Gasteiger partial charge < -0.3 is 5.32 Å². The predicted molar refractivity (Wildman–Crippen MR) is 85.1 cm³/mol. The summed E-state index contributed by atoms with van der Waals surface area (Å²) >= 11 is 0. The Morgan fingerprint density at radius 3 is 2.81 bits per heavy atom. The van der Waals surface area contributed by atoms with Crippen LogP contribution in [0.3, 0.4) is 0 Å². The molecule has 1 unspecified atom stereocenters. The molecule has 112 valence electrons. The first-order chi connectivity index (χ1) is 10.2. The topological polar surface area (TPSA) is 33.1 Å². The van der Waals surface area contributed by atoms with Crippen molar-refractivity contribution in [2.45, 2.75) is 18.9 Å². The Morgan fingerprint density at radius 2 is 2.10 bits per heavy atom. The average Bonchev–Trinajstić information content (AvgIpc) is 2.92. The molecule has 4 nitrogen and oxygen atoms in total. The highest BCUT2D eigenvalue weighted by Gasteiger charge is 2.31.